The van der Waals surface area contributed by atoms with E-state index in [0.29, 0.717) is 24.3 Å². The van der Waals surface area contributed by atoms with Crippen molar-refractivity contribution < 1.29 is 27.1 Å². The highest BCUT2D eigenvalue weighted by atomic mass is 19.4. The first-order chi connectivity index (χ1) is 16.8. The summed E-state index contributed by atoms with van der Waals surface area (Å²) in [4.78, 5) is 26.0. The molecule has 0 radical (unpaired) electrons. The Hall–Kier alpha value is -3.74. The maximum absolute atomic E-state index is 16.2. The maximum atomic E-state index is 16.2. The zero-order valence-electron chi connectivity index (χ0n) is 20.0. The van der Waals surface area contributed by atoms with E-state index in [-0.39, 0.29) is 34.8 Å². The van der Waals surface area contributed by atoms with Crippen LogP contribution in [0.2, 0.25) is 0 Å². The van der Waals surface area contributed by atoms with Crippen molar-refractivity contribution in [1.82, 2.24) is 20.3 Å². The summed E-state index contributed by atoms with van der Waals surface area (Å²) in [5.41, 5.74) is 9.39. The number of hydrogen-bond donors (Lipinski definition) is 3. The molecule has 13 heteroatoms. The number of hydrogen-bond acceptors (Lipinski definition) is 8. The molecule has 1 amide bonds. The molecule has 3 aromatic rings. The summed E-state index contributed by atoms with van der Waals surface area (Å²) in [5, 5.41) is 3.19. The number of fused-ring (bicyclic) bond motifs is 1. The molecule has 9 nitrogen and oxygen atoms in total. The molecule has 0 aromatic carbocycles. The largest absolute Gasteiger partial charge is 0.480 e. The third-order valence-corrected chi connectivity index (χ3v) is 6.29. The number of aromatic nitrogens is 3. The number of rotatable bonds is 4. The number of pyridine rings is 3. The molecule has 3 aromatic heterocycles. The number of nitrogens with one attached hydrogen (secondary N) is 1. The Kier molecular flexibility index (Phi) is 6.37. The van der Waals surface area contributed by atoms with Gasteiger partial charge in [-0.05, 0) is 32.4 Å². The number of primary amides is 1. The van der Waals surface area contributed by atoms with Gasteiger partial charge in [0.15, 0.2) is 5.82 Å². The number of carbonyl (C=O) groups is 1. The molecular formula is C23H25F4N7O2. The Balaban J connectivity index is 2.06. The van der Waals surface area contributed by atoms with Crippen LogP contribution in [-0.4, -0.2) is 53.6 Å². The van der Waals surface area contributed by atoms with Crippen molar-refractivity contribution in [2.45, 2.75) is 33.0 Å². The van der Waals surface area contributed by atoms with Crippen LogP contribution < -0.4 is 26.4 Å². The summed E-state index contributed by atoms with van der Waals surface area (Å²) in [6, 6.07) is 0.280. The highest BCUT2D eigenvalue weighted by Crippen LogP contribution is 2.44. The van der Waals surface area contributed by atoms with E-state index in [1.807, 2.05) is 0 Å². The fraction of sp³-hybridized carbons (Fsp3) is 0.391. The number of nitrogens with two attached hydrogens (primary N) is 2. The lowest BCUT2D eigenvalue weighted by Gasteiger charge is -2.34. The highest BCUT2D eigenvalue weighted by Gasteiger charge is 2.38. The zero-order chi connectivity index (χ0) is 26.5. The molecule has 0 spiro atoms. The minimum absolute atomic E-state index is 0.00895. The van der Waals surface area contributed by atoms with E-state index < -0.39 is 46.5 Å². The number of piperazine rings is 1. The van der Waals surface area contributed by atoms with Crippen molar-refractivity contribution in [3.05, 3.63) is 34.4 Å². The van der Waals surface area contributed by atoms with Crippen molar-refractivity contribution in [1.29, 1.82) is 0 Å². The number of methoxy groups -OCH3 is 1. The van der Waals surface area contributed by atoms with Crippen LogP contribution in [-0.2, 0) is 11.0 Å². The Morgan fingerprint density at radius 3 is 2.47 bits per heavy atom. The molecule has 4 rings (SSSR count). The van der Waals surface area contributed by atoms with E-state index in [2.05, 4.69) is 20.3 Å². The monoisotopic (exact) mass is 507 g/mol. The molecule has 4 heterocycles. The summed E-state index contributed by atoms with van der Waals surface area (Å²) in [5.74, 6) is -1.58. The number of amides is 1. The van der Waals surface area contributed by atoms with Gasteiger partial charge < -0.3 is 26.4 Å². The maximum Gasteiger partial charge on any atom is 0.418 e. The summed E-state index contributed by atoms with van der Waals surface area (Å²) in [7, 11) is 1.28. The van der Waals surface area contributed by atoms with Crippen LogP contribution in [0.15, 0.2) is 6.07 Å². The molecule has 36 heavy (non-hydrogen) atoms. The summed E-state index contributed by atoms with van der Waals surface area (Å²) >= 11 is 0. The Labute approximate surface area is 203 Å². The van der Waals surface area contributed by atoms with Crippen LogP contribution in [0.5, 0.6) is 5.88 Å². The van der Waals surface area contributed by atoms with Crippen molar-refractivity contribution in [3.8, 4) is 17.1 Å². The van der Waals surface area contributed by atoms with Crippen LogP contribution in [0.25, 0.3) is 22.0 Å². The molecule has 5 N–H and O–H groups in total. The fourth-order valence-electron chi connectivity index (χ4n) is 4.51. The SMILES string of the molecule is COc1nc(-c2cc(N)nc(C)c2C(F)(F)F)c(F)c2c(C)c(C)nc(N3CCNC(C(N)=O)C3)c12. The predicted molar refractivity (Wildman–Crippen MR) is 126 cm³/mol. The number of nitrogen functional groups attached to an aromatic ring is 1. The minimum atomic E-state index is -4.84. The van der Waals surface area contributed by atoms with Crippen LogP contribution in [0.4, 0.5) is 29.2 Å². The highest BCUT2D eigenvalue weighted by molar-refractivity contribution is 6.01. The summed E-state index contributed by atoms with van der Waals surface area (Å²) in [6.45, 7) is 5.40. The lowest BCUT2D eigenvalue weighted by Crippen LogP contribution is -2.56. The normalized spacial score (nSPS) is 16.4. The van der Waals surface area contributed by atoms with Crippen molar-refractivity contribution in [3.63, 3.8) is 0 Å². The lowest BCUT2D eigenvalue weighted by molar-refractivity contribution is -0.137. The Bertz CT molecular complexity index is 1380. The van der Waals surface area contributed by atoms with Gasteiger partial charge in [-0.15, -0.1) is 0 Å². The van der Waals surface area contributed by atoms with Crippen molar-refractivity contribution in [2.75, 3.05) is 37.4 Å². The molecule has 0 bridgehead atoms. The molecule has 1 saturated heterocycles. The number of anilines is 2. The fourth-order valence-corrected chi connectivity index (χ4v) is 4.51. The van der Waals surface area contributed by atoms with Crippen molar-refractivity contribution in [2.24, 2.45) is 5.73 Å². The van der Waals surface area contributed by atoms with Gasteiger partial charge in [0.25, 0.3) is 0 Å². The summed E-state index contributed by atoms with van der Waals surface area (Å²) in [6.07, 6.45) is -4.84. The minimum Gasteiger partial charge on any atom is -0.480 e. The van der Waals surface area contributed by atoms with Crippen LogP contribution >= 0.6 is 0 Å². The van der Waals surface area contributed by atoms with Gasteiger partial charge in [0.1, 0.15) is 23.4 Å². The van der Waals surface area contributed by atoms with Crippen LogP contribution in [0, 0.1) is 26.6 Å². The number of nitrogens with zero attached hydrogens (tertiary/aromatic N) is 4. The average Bonchev–Trinajstić information content (AvgIpc) is 2.79. The second kappa shape index (κ2) is 9.04. The van der Waals surface area contributed by atoms with E-state index in [1.54, 1.807) is 18.7 Å². The molecule has 1 aliphatic rings. The number of carbonyl (C=O) groups excluding carboxylic acids is 1. The first-order valence-corrected chi connectivity index (χ1v) is 11.0. The first-order valence-electron chi connectivity index (χ1n) is 11.0. The van der Waals surface area contributed by atoms with Gasteiger partial charge in [-0.2, -0.15) is 13.2 Å². The molecule has 1 atom stereocenters. The molecule has 1 unspecified atom stereocenters. The molecule has 1 aliphatic heterocycles. The molecule has 0 aliphatic carbocycles. The van der Waals surface area contributed by atoms with Gasteiger partial charge in [-0.1, -0.05) is 0 Å². The summed E-state index contributed by atoms with van der Waals surface area (Å²) < 4.78 is 63.6. The molecule has 1 fully saturated rings. The quantitative estimate of drug-likeness (QED) is 0.459. The molecule has 192 valence electrons. The van der Waals surface area contributed by atoms with Gasteiger partial charge in [0.2, 0.25) is 11.8 Å². The smallest absolute Gasteiger partial charge is 0.418 e. The van der Waals surface area contributed by atoms with Gasteiger partial charge in [0.05, 0.1) is 23.8 Å². The zero-order valence-corrected chi connectivity index (χ0v) is 20.0. The van der Waals surface area contributed by atoms with E-state index in [9.17, 15) is 18.0 Å². The average molecular weight is 507 g/mol. The van der Waals surface area contributed by atoms with Crippen molar-refractivity contribution >= 4 is 28.3 Å². The number of halogens is 4. The third-order valence-electron chi connectivity index (χ3n) is 6.29. The van der Waals surface area contributed by atoms with Crippen LogP contribution in [0.1, 0.15) is 22.5 Å². The van der Waals surface area contributed by atoms with E-state index in [4.69, 9.17) is 16.2 Å². The van der Waals surface area contributed by atoms with Gasteiger partial charge in [0, 0.05) is 36.3 Å². The van der Waals surface area contributed by atoms with Crippen LogP contribution in [0.3, 0.4) is 0 Å². The van der Waals surface area contributed by atoms with E-state index in [0.717, 1.165) is 13.0 Å². The number of aryl methyl sites for hydroxylation is 3. The topological polar surface area (TPSA) is 132 Å². The van der Waals surface area contributed by atoms with Gasteiger partial charge >= 0.3 is 6.18 Å². The Morgan fingerprint density at radius 1 is 1.17 bits per heavy atom. The standard InChI is InChI=1S/C23H25F4N7O2/c1-9-10(2)32-21(34-6-5-30-13(8-34)20(29)35)16-15(9)18(24)19(33-22(16)36-4)12-7-14(28)31-11(3)17(12)23(25,26)27/h7,13,30H,5-6,8H2,1-4H3,(H2,28,31)(H2,29,35). The third kappa shape index (κ3) is 4.23. The van der Waals surface area contributed by atoms with Gasteiger partial charge in [-0.3, -0.25) is 4.79 Å². The lowest BCUT2D eigenvalue weighted by atomic mass is 9.98. The second-order valence-electron chi connectivity index (χ2n) is 8.59. The predicted octanol–water partition coefficient (Wildman–Crippen LogP) is 2.63. The van der Waals surface area contributed by atoms with E-state index >= 15 is 4.39 Å². The Morgan fingerprint density at radius 2 is 1.86 bits per heavy atom. The van der Waals surface area contributed by atoms with Gasteiger partial charge in [-0.25, -0.2) is 19.3 Å². The molecule has 0 saturated carbocycles. The molecular weight excluding hydrogens is 482 g/mol. The second-order valence-corrected chi connectivity index (χ2v) is 8.59. The number of ether oxygens (including phenoxy) is 1. The van der Waals surface area contributed by atoms with E-state index in [1.165, 1.54) is 7.11 Å². The number of alkyl halides is 3. The first kappa shape index (κ1) is 25.4.